The number of hydrogen-bond acceptors (Lipinski definition) is 4. The van der Waals surface area contributed by atoms with Crippen LogP contribution in [0.25, 0.3) is 0 Å². The molecule has 5 heteroatoms. The van der Waals surface area contributed by atoms with Crippen molar-refractivity contribution in [3.05, 3.63) is 29.8 Å². The van der Waals surface area contributed by atoms with Crippen LogP contribution in [0.5, 0.6) is 5.75 Å². The minimum absolute atomic E-state index is 0.0882. The van der Waals surface area contributed by atoms with Crippen molar-refractivity contribution in [2.24, 2.45) is 0 Å². The maximum atomic E-state index is 10.8. The van der Waals surface area contributed by atoms with E-state index in [0.29, 0.717) is 12.2 Å². The first-order valence-electron chi connectivity index (χ1n) is 4.02. The lowest BCUT2D eigenvalue weighted by Gasteiger charge is -2.05. The van der Waals surface area contributed by atoms with E-state index in [4.69, 9.17) is 9.79 Å². The average Bonchev–Trinajstić information content (AvgIpc) is 2.06. The molecule has 1 rings (SSSR count). The van der Waals surface area contributed by atoms with Gasteiger partial charge in [-0.3, -0.25) is 4.79 Å². The summed E-state index contributed by atoms with van der Waals surface area (Å²) in [5.41, 5.74) is 0.880. The molecule has 2 N–H and O–H groups in total. The Morgan fingerprint density at radius 1 is 1.36 bits per heavy atom. The summed E-state index contributed by atoms with van der Waals surface area (Å²) >= 11 is 0. The van der Waals surface area contributed by atoms with E-state index in [-0.39, 0.29) is 5.78 Å². The molecule has 0 saturated heterocycles. The van der Waals surface area contributed by atoms with Crippen molar-refractivity contribution in [1.82, 2.24) is 0 Å². The number of hydrogen-bond donors (Lipinski definition) is 2. The summed E-state index contributed by atoms with van der Waals surface area (Å²) in [5.74, 6) is 0.471. The molecule has 76 valence electrons. The van der Waals surface area contributed by atoms with Gasteiger partial charge in [0.2, 0.25) is 0 Å². The SMILES string of the molecule is CC(=O)Cc1ccc(OP(O)O)cc1. The summed E-state index contributed by atoms with van der Waals surface area (Å²) in [4.78, 5) is 27.9. The molecule has 0 amide bonds. The van der Waals surface area contributed by atoms with Crippen LogP contribution in [0.2, 0.25) is 0 Å². The monoisotopic (exact) mass is 214 g/mol. The molecule has 0 spiro atoms. The van der Waals surface area contributed by atoms with Gasteiger partial charge in [-0.25, -0.2) is 0 Å². The second-order valence-electron chi connectivity index (χ2n) is 2.87. The smallest absolute Gasteiger partial charge is 0.391 e. The third kappa shape index (κ3) is 3.83. The third-order valence-electron chi connectivity index (χ3n) is 1.56. The highest BCUT2D eigenvalue weighted by atomic mass is 31.2. The molecule has 0 aromatic heterocycles. The van der Waals surface area contributed by atoms with E-state index in [1.807, 2.05) is 0 Å². The van der Waals surface area contributed by atoms with Crippen LogP contribution < -0.4 is 4.52 Å². The predicted octanol–water partition coefficient (Wildman–Crippen LogP) is 1.41. The Kier molecular flexibility index (Phi) is 4.01. The quantitative estimate of drug-likeness (QED) is 0.743. The Morgan fingerprint density at radius 3 is 2.36 bits per heavy atom. The summed E-state index contributed by atoms with van der Waals surface area (Å²) in [6.45, 7) is 1.52. The van der Waals surface area contributed by atoms with Crippen LogP contribution in [0.15, 0.2) is 24.3 Å². The fourth-order valence-electron chi connectivity index (χ4n) is 1.05. The maximum Gasteiger partial charge on any atom is 0.391 e. The lowest BCUT2D eigenvalue weighted by molar-refractivity contribution is -0.116. The van der Waals surface area contributed by atoms with Crippen LogP contribution in [-0.2, 0) is 11.2 Å². The summed E-state index contributed by atoms with van der Waals surface area (Å²) in [6.07, 6.45) is 0.382. The lowest BCUT2D eigenvalue weighted by Crippen LogP contribution is -1.95. The van der Waals surface area contributed by atoms with Gasteiger partial charge < -0.3 is 14.3 Å². The van der Waals surface area contributed by atoms with Gasteiger partial charge in [-0.05, 0) is 24.6 Å². The minimum atomic E-state index is -2.37. The molecule has 4 nitrogen and oxygen atoms in total. The minimum Gasteiger partial charge on any atom is -0.427 e. The molecule has 0 heterocycles. The third-order valence-corrected chi connectivity index (χ3v) is 1.94. The topological polar surface area (TPSA) is 66.8 Å². The van der Waals surface area contributed by atoms with E-state index in [2.05, 4.69) is 4.52 Å². The van der Waals surface area contributed by atoms with Gasteiger partial charge in [0.1, 0.15) is 11.5 Å². The molecule has 0 aliphatic rings. The van der Waals surface area contributed by atoms with Gasteiger partial charge >= 0.3 is 8.60 Å². The van der Waals surface area contributed by atoms with Gasteiger partial charge in [0, 0.05) is 6.42 Å². The van der Waals surface area contributed by atoms with Gasteiger partial charge in [-0.2, -0.15) is 0 Å². The van der Waals surface area contributed by atoms with Gasteiger partial charge in [0.05, 0.1) is 0 Å². The van der Waals surface area contributed by atoms with Crippen molar-refractivity contribution in [3.63, 3.8) is 0 Å². The molecule has 1 aromatic carbocycles. The zero-order chi connectivity index (χ0) is 10.6. The first-order chi connectivity index (χ1) is 6.58. The van der Waals surface area contributed by atoms with Crippen molar-refractivity contribution >= 4 is 14.4 Å². The molecule has 1 aromatic rings. The fraction of sp³-hybridized carbons (Fsp3) is 0.222. The van der Waals surface area contributed by atoms with Crippen molar-refractivity contribution in [1.29, 1.82) is 0 Å². The lowest BCUT2D eigenvalue weighted by atomic mass is 10.1. The van der Waals surface area contributed by atoms with E-state index in [0.717, 1.165) is 5.56 Å². The van der Waals surface area contributed by atoms with E-state index in [9.17, 15) is 4.79 Å². The largest absolute Gasteiger partial charge is 0.427 e. The zero-order valence-corrected chi connectivity index (χ0v) is 8.57. The highest BCUT2D eigenvalue weighted by Crippen LogP contribution is 2.28. The molecule has 0 fully saturated rings. The second-order valence-corrected chi connectivity index (χ2v) is 3.55. The Hall–Kier alpha value is -0.960. The van der Waals surface area contributed by atoms with Crippen molar-refractivity contribution < 1.29 is 19.1 Å². The molecule has 0 atom stereocenters. The normalized spacial score (nSPS) is 10.3. The number of rotatable bonds is 4. The van der Waals surface area contributed by atoms with E-state index in [1.165, 1.54) is 6.92 Å². The summed E-state index contributed by atoms with van der Waals surface area (Å²) in [6, 6.07) is 6.63. The Labute approximate surface area is 83.1 Å². The molecule has 14 heavy (non-hydrogen) atoms. The first kappa shape index (κ1) is 11.1. The van der Waals surface area contributed by atoms with Crippen LogP contribution in [0.1, 0.15) is 12.5 Å². The highest BCUT2D eigenvalue weighted by Gasteiger charge is 2.02. The summed E-state index contributed by atoms with van der Waals surface area (Å²) < 4.78 is 4.67. The zero-order valence-electron chi connectivity index (χ0n) is 7.67. The Morgan fingerprint density at radius 2 is 1.93 bits per heavy atom. The molecule has 0 radical (unpaired) electrons. The van der Waals surface area contributed by atoms with Crippen LogP contribution in [0, 0.1) is 0 Å². The number of benzene rings is 1. The van der Waals surface area contributed by atoms with E-state index < -0.39 is 8.60 Å². The number of carbonyl (C=O) groups excluding carboxylic acids is 1. The predicted molar refractivity (Wildman–Crippen MR) is 52.8 cm³/mol. The molecule has 0 bridgehead atoms. The van der Waals surface area contributed by atoms with E-state index in [1.54, 1.807) is 24.3 Å². The van der Waals surface area contributed by atoms with Crippen LogP contribution in [-0.4, -0.2) is 15.6 Å². The van der Waals surface area contributed by atoms with Crippen molar-refractivity contribution in [2.75, 3.05) is 0 Å². The molecule has 0 saturated carbocycles. The Balaban J connectivity index is 2.63. The van der Waals surface area contributed by atoms with Crippen molar-refractivity contribution in [2.45, 2.75) is 13.3 Å². The van der Waals surface area contributed by atoms with Crippen LogP contribution >= 0.6 is 8.60 Å². The Bertz CT molecular complexity index is 307. The molecular formula is C9H11O4P. The van der Waals surface area contributed by atoms with Gasteiger partial charge in [0.25, 0.3) is 0 Å². The maximum absolute atomic E-state index is 10.8. The molecule has 0 aliphatic heterocycles. The van der Waals surface area contributed by atoms with E-state index >= 15 is 0 Å². The first-order valence-corrected chi connectivity index (χ1v) is 5.18. The summed E-state index contributed by atoms with van der Waals surface area (Å²) in [5, 5.41) is 0. The van der Waals surface area contributed by atoms with Gasteiger partial charge in [-0.15, -0.1) is 0 Å². The molecular weight excluding hydrogens is 203 g/mol. The van der Waals surface area contributed by atoms with Crippen molar-refractivity contribution in [3.8, 4) is 5.75 Å². The molecule has 0 aliphatic carbocycles. The number of Topliss-reactive ketones (excluding diaryl/α,β-unsaturated/α-hetero) is 1. The van der Waals surface area contributed by atoms with Gasteiger partial charge in [0.15, 0.2) is 0 Å². The van der Waals surface area contributed by atoms with Gasteiger partial charge in [-0.1, -0.05) is 12.1 Å². The number of ketones is 1. The van der Waals surface area contributed by atoms with Crippen LogP contribution in [0.4, 0.5) is 0 Å². The summed E-state index contributed by atoms with van der Waals surface area (Å²) in [7, 11) is -2.37. The standard InChI is InChI=1S/C9H11O4P/c1-7(10)6-8-2-4-9(5-3-8)13-14(11)12/h2-5,11-12H,6H2,1H3. The fourth-order valence-corrected chi connectivity index (χ4v) is 1.36. The molecule has 0 unspecified atom stereocenters. The van der Waals surface area contributed by atoms with Crippen LogP contribution in [0.3, 0.4) is 0 Å². The number of carbonyl (C=O) groups is 1. The average molecular weight is 214 g/mol. The highest BCUT2D eigenvalue weighted by molar-refractivity contribution is 7.39. The second kappa shape index (κ2) is 5.05.